The molecule has 0 radical (unpaired) electrons. The molecule has 0 fully saturated rings. The van der Waals surface area contributed by atoms with Crippen molar-refractivity contribution in [3.63, 3.8) is 0 Å². The number of nitrogens with zero attached hydrogens (tertiary/aromatic N) is 2. The zero-order valence-electron chi connectivity index (χ0n) is 18.6. The molecule has 32 heavy (non-hydrogen) atoms. The minimum absolute atomic E-state index is 0.553. The predicted octanol–water partition coefficient (Wildman–Crippen LogP) is 5.97. The van der Waals surface area contributed by atoms with Gasteiger partial charge in [0.15, 0.2) is 0 Å². The molecule has 1 aromatic heterocycles. The number of aromatic nitrogens is 1. The number of allylic oxidation sites excluding steroid dienone is 1. The van der Waals surface area contributed by atoms with Gasteiger partial charge in [0.1, 0.15) is 23.2 Å². The average Bonchev–Trinajstić information content (AvgIpc) is 2.82. The Morgan fingerprint density at radius 3 is 2.66 bits per heavy atom. The van der Waals surface area contributed by atoms with Crippen LogP contribution in [-0.2, 0) is 11.3 Å². The normalized spacial score (nSPS) is 14.5. The Labute approximate surface area is 189 Å². The van der Waals surface area contributed by atoms with Gasteiger partial charge in [0.25, 0.3) is 0 Å². The van der Waals surface area contributed by atoms with Crippen LogP contribution in [0.25, 0.3) is 16.9 Å². The maximum Gasteiger partial charge on any atom is 0.142 e. The van der Waals surface area contributed by atoms with Gasteiger partial charge in [-0.05, 0) is 60.4 Å². The number of anilines is 1. The Morgan fingerprint density at radius 2 is 1.84 bits per heavy atom. The van der Waals surface area contributed by atoms with Gasteiger partial charge in [0, 0.05) is 11.8 Å². The summed E-state index contributed by atoms with van der Waals surface area (Å²) in [4.78, 5) is 9.18. The molecular weight excluding hydrogens is 396 g/mol. The van der Waals surface area contributed by atoms with E-state index in [-0.39, 0.29) is 0 Å². The first-order valence-corrected chi connectivity index (χ1v) is 10.9. The number of fused-ring (bicyclic) bond motifs is 1. The number of pyridine rings is 1. The molecular formula is C27H28N4O. The number of amidine groups is 1. The molecule has 0 spiro atoms. The topological polar surface area (TPSA) is 58.5 Å². The first kappa shape index (κ1) is 21.4. The van der Waals surface area contributed by atoms with E-state index in [9.17, 15) is 0 Å². The van der Waals surface area contributed by atoms with E-state index in [0.29, 0.717) is 19.0 Å². The predicted molar refractivity (Wildman–Crippen MR) is 132 cm³/mol. The highest BCUT2D eigenvalue weighted by atomic mass is 16.5. The molecule has 2 aromatic carbocycles. The molecule has 4 rings (SSSR count). The molecule has 162 valence electrons. The number of aliphatic imine (C=N–C) groups is 1. The molecule has 0 saturated carbocycles. The standard InChI is InChI=1S/C27H28N4O/c1-4-9-25(32-5-2)23-13-7-12-22(17-23)21-11-6-10-20(16-21)18-29-27-24-14-8-15-28-26(24)30-19(3)31-27/h6-17H,3-5,18H2,1-2H3,(H,28,30)(H,29,31)/b25-9+. The van der Waals surface area contributed by atoms with Crippen LogP contribution in [0.4, 0.5) is 5.82 Å². The van der Waals surface area contributed by atoms with Crippen molar-refractivity contribution >= 4 is 17.4 Å². The summed E-state index contributed by atoms with van der Waals surface area (Å²) >= 11 is 0. The Bertz CT molecular complexity index is 1180. The number of hydrogen-bond donors (Lipinski definition) is 2. The van der Waals surface area contributed by atoms with Crippen molar-refractivity contribution < 1.29 is 4.74 Å². The Hall–Kier alpha value is -3.86. The van der Waals surface area contributed by atoms with Gasteiger partial charge in [-0.25, -0.2) is 4.98 Å². The number of ether oxygens (including phenoxy) is 1. The lowest BCUT2D eigenvalue weighted by atomic mass is 10.00. The van der Waals surface area contributed by atoms with Gasteiger partial charge in [-0.15, -0.1) is 0 Å². The molecule has 0 atom stereocenters. The van der Waals surface area contributed by atoms with Crippen molar-refractivity contribution in [1.29, 1.82) is 0 Å². The van der Waals surface area contributed by atoms with Gasteiger partial charge < -0.3 is 15.4 Å². The van der Waals surface area contributed by atoms with Crippen LogP contribution in [0.1, 0.15) is 37.0 Å². The highest BCUT2D eigenvalue weighted by Gasteiger charge is 2.17. The summed E-state index contributed by atoms with van der Waals surface area (Å²) in [7, 11) is 0. The number of hydrogen-bond acceptors (Lipinski definition) is 4. The largest absolute Gasteiger partial charge is 0.494 e. The summed E-state index contributed by atoms with van der Waals surface area (Å²) in [6.45, 7) is 9.30. The molecule has 5 heteroatoms. The average molecular weight is 425 g/mol. The summed E-state index contributed by atoms with van der Waals surface area (Å²) in [5.74, 6) is 3.15. The number of benzene rings is 2. The smallest absolute Gasteiger partial charge is 0.142 e. The molecule has 0 saturated heterocycles. The van der Waals surface area contributed by atoms with Crippen LogP contribution in [0.3, 0.4) is 0 Å². The van der Waals surface area contributed by atoms with Gasteiger partial charge >= 0.3 is 0 Å². The Balaban J connectivity index is 1.59. The molecule has 0 amide bonds. The zero-order valence-corrected chi connectivity index (χ0v) is 18.6. The lowest BCUT2D eigenvalue weighted by molar-refractivity contribution is 0.297. The van der Waals surface area contributed by atoms with Crippen LogP contribution in [0.15, 0.2) is 90.3 Å². The third-order valence-corrected chi connectivity index (χ3v) is 5.12. The van der Waals surface area contributed by atoms with E-state index in [4.69, 9.17) is 9.73 Å². The lowest BCUT2D eigenvalue weighted by Crippen LogP contribution is -2.33. The van der Waals surface area contributed by atoms with Crippen LogP contribution in [0, 0.1) is 0 Å². The van der Waals surface area contributed by atoms with Crippen LogP contribution < -0.4 is 10.6 Å². The van der Waals surface area contributed by atoms with Crippen molar-refractivity contribution in [2.45, 2.75) is 26.8 Å². The second kappa shape index (κ2) is 9.96. The molecule has 0 aliphatic carbocycles. The molecule has 1 aliphatic heterocycles. The van der Waals surface area contributed by atoms with Crippen LogP contribution in [0.2, 0.25) is 0 Å². The van der Waals surface area contributed by atoms with Crippen molar-refractivity contribution in [1.82, 2.24) is 10.3 Å². The SMILES string of the molecule is C=C1NC(=NCc2cccc(-c3cccc(/C(=C\CC)OCC)c3)c2)c2cccnc2N1. The summed E-state index contributed by atoms with van der Waals surface area (Å²) < 4.78 is 5.85. The third-order valence-electron chi connectivity index (χ3n) is 5.12. The first-order chi connectivity index (χ1) is 15.7. The van der Waals surface area contributed by atoms with Crippen molar-refractivity contribution in [2.24, 2.45) is 4.99 Å². The van der Waals surface area contributed by atoms with E-state index < -0.39 is 0 Å². The van der Waals surface area contributed by atoms with Gasteiger partial charge in [0.05, 0.1) is 18.7 Å². The van der Waals surface area contributed by atoms with Gasteiger partial charge in [-0.3, -0.25) is 4.99 Å². The molecule has 2 N–H and O–H groups in total. The van der Waals surface area contributed by atoms with E-state index in [1.165, 1.54) is 0 Å². The minimum atomic E-state index is 0.553. The summed E-state index contributed by atoms with van der Waals surface area (Å²) in [6, 6.07) is 20.9. The van der Waals surface area contributed by atoms with Gasteiger partial charge in [0.2, 0.25) is 0 Å². The monoisotopic (exact) mass is 424 g/mol. The van der Waals surface area contributed by atoms with Gasteiger partial charge in [-0.1, -0.05) is 49.9 Å². The number of rotatable bonds is 7. The summed E-state index contributed by atoms with van der Waals surface area (Å²) in [5, 5.41) is 6.36. The Morgan fingerprint density at radius 1 is 1.03 bits per heavy atom. The van der Waals surface area contributed by atoms with Crippen LogP contribution in [0.5, 0.6) is 0 Å². The molecule has 3 aromatic rings. The van der Waals surface area contributed by atoms with Crippen molar-refractivity contribution in [2.75, 3.05) is 11.9 Å². The third kappa shape index (κ3) is 4.89. The second-order valence-corrected chi connectivity index (χ2v) is 7.48. The maximum atomic E-state index is 5.85. The van der Waals surface area contributed by atoms with Crippen LogP contribution in [-0.4, -0.2) is 17.4 Å². The lowest BCUT2D eigenvalue weighted by Gasteiger charge is -2.22. The van der Waals surface area contributed by atoms with E-state index in [1.807, 2.05) is 19.1 Å². The fourth-order valence-corrected chi connectivity index (χ4v) is 3.68. The molecule has 5 nitrogen and oxygen atoms in total. The number of nitrogens with one attached hydrogen (secondary N) is 2. The summed E-state index contributed by atoms with van der Waals surface area (Å²) in [6.07, 6.45) is 4.82. The zero-order chi connectivity index (χ0) is 22.3. The van der Waals surface area contributed by atoms with E-state index in [0.717, 1.165) is 51.7 Å². The van der Waals surface area contributed by atoms with E-state index in [1.54, 1.807) is 6.20 Å². The Kier molecular flexibility index (Phi) is 6.66. The van der Waals surface area contributed by atoms with E-state index >= 15 is 0 Å². The highest BCUT2D eigenvalue weighted by Crippen LogP contribution is 2.26. The quantitative estimate of drug-likeness (QED) is 0.459. The second-order valence-electron chi connectivity index (χ2n) is 7.48. The molecule has 0 unspecified atom stereocenters. The van der Waals surface area contributed by atoms with Crippen molar-refractivity contribution in [3.8, 4) is 11.1 Å². The van der Waals surface area contributed by atoms with Crippen LogP contribution >= 0.6 is 0 Å². The fourth-order valence-electron chi connectivity index (χ4n) is 3.68. The highest BCUT2D eigenvalue weighted by molar-refractivity contribution is 6.05. The molecule has 1 aliphatic rings. The minimum Gasteiger partial charge on any atom is -0.494 e. The molecule has 2 heterocycles. The van der Waals surface area contributed by atoms with E-state index in [2.05, 4.69) is 83.7 Å². The maximum absolute atomic E-state index is 5.85. The fraction of sp³-hybridized carbons (Fsp3) is 0.185. The summed E-state index contributed by atoms with van der Waals surface area (Å²) in [5.41, 5.74) is 5.47. The van der Waals surface area contributed by atoms with Crippen molar-refractivity contribution in [3.05, 3.63) is 102 Å². The molecule has 0 bridgehead atoms. The van der Waals surface area contributed by atoms with Gasteiger partial charge in [-0.2, -0.15) is 0 Å². The first-order valence-electron chi connectivity index (χ1n) is 10.9.